The number of hydrogen-bond acceptors (Lipinski definition) is 3. The highest BCUT2D eigenvalue weighted by Gasteiger charge is 2.33. The largest absolute Gasteiger partial charge is 0.480 e. The Hall–Kier alpha value is -1.85. The number of rotatable bonds is 5. The molecule has 1 amide bonds. The Morgan fingerprint density at radius 2 is 2.00 bits per heavy atom. The lowest BCUT2D eigenvalue weighted by molar-refractivity contribution is -0.142. The van der Waals surface area contributed by atoms with E-state index in [9.17, 15) is 14.7 Å². The molecule has 20 heavy (non-hydrogen) atoms. The quantitative estimate of drug-likeness (QED) is 0.860. The van der Waals surface area contributed by atoms with Gasteiger partial charge in [0.05, 0.1) is 5.69 Å². The van der Waals surface area contributed by atoms with Crippen molar-refractivity contribution in [2.45, 2.75) is 53.6 Å². The van der Waals surface area contributed by atoms with E-state index in [0.717, 1.165) is 12.1 Å². The third-order valence-electron chi connectivity index (χ3n) is 3.11. The van der Waals surface area contributed by atoms with Gasteiger partial charge in [0, 0.05) is 6.54 Å². The normalized spacial score (nSPS) is 13.1. The molecule has 1 unspecified atom stereocenters. The first-order valence-electron chi connectivity index (χ1n) is 6.81. The standard InChI is InChI=1S/C14H23N3O3/c1-6-9-8-10(17(7-2)16-9)12(18)15-11(13(19)20)14(3,4)5/h8,11H,6-7H2,1-5H3,(H,15,18)(H,19,20). The minimum absolute atomic E-state index is 0.402. The van der Waals surface area contributed by atoms with Gasteiger partial charge in [0.15, 0.2) is 0 Å². The van der Waals surface area contributed by atoms with Crippen LogP contribution in [0.25, 0.3) is 0 Å². The molecule has 112 valence electrons. The van der Waals surface area contributed by atoms with E-state index in [0.29, 0.717) is 12.2 Å². The molecule has 1 atom stereocenters. The van der Waals surface area contributed by atoms with Gasteiger partial charge in [-0.15, -0.1) is 0 Å². The number of carboxylic acid groups (broad SMARTS) is 1. The first kappa shape index (κ1) is 16.2. The molecule has 0 aliphatic heterocycles. The van der Waals surface area contributed by atoms with Gasteiger partial charge >= 0.3 is 5.97 Å². The third-order valence-corrected chi connectivity index (χ3v) is 3.11. The molecular weight excluding hydrogens is 258 g/mol. The minimum atomic E-state index is -1.04. The van der Waals surface area contributed by atoms with Crippen molar-refractivity contribution in [1.82, 2.24) is 15.1 Å². The molecule has 1 aromatic heterocycles. The zero-order valence-corrected chi connectivity index (χ0v) is 12.7. The highest BCUT2D eigenvalue weighted by atomic mass is 16.4. The second kappa shape index (κ2) is 6.07. The third kappa shape index (κ3) is 3.59. The first-order valence-corrected chi connectivity index (χ1v) is 6.81. The topological polar surface area (TPSA) is 84.2 Å². The van der Waals surface area contributed by atoms with Crippen LogP contribution in [0, 0.1) is 5.41 Å². The second-order valence-electron chi connectivity index (χ2n) is 5.80. The molecule has 0 spiro atoms. The van der Waals surface area contributed by atoms with Gasteiger partial charge in [0.2, 0.25) is 0 Å². The summed E-state index contributed by atoms with van der Waals surface area (Å²) >= 11 is 0. The minimum Gasteiger partial charge on any atom is -0.480 e. The fourth-order valence-electron chi connectivity index (χ4n) is 1.92. The van der Waals surface area contributed by atoms with Crippen molar-refractivity contribution >= 4 is 11.9 Å². The van der Waals surface area contributed by atoms with Crippen LogP contribution >= 0.6 is 0 Å². The SMILES string of the molecule is CCc1cc(C(=O)NC(C(=O)O)C(C)(C)C)n(CC)n1. The maximum Gasteiger partial charge on any atom is 0.326 e. The van der Waals surface area contributed by atoms with Crippen molar-refractivity contribution in [2.75, 3.05) is 0 Å². The highest BCUT2D eigenvalue weighted by molar-refractivity contribution is 5.95. The number of amides is 1. The van der Waals surface area contributed by atoms with E-state index < -0.39 is 23.3 Å². The van der Waals surface area contributed by atoms with Gasteiger partial charge in [-0.2, -0.15) is 5.10 Å². The van der Waals surface area contributed by atoms with Gasteiger partial charge in [0.1, 0.15) is 11.7 Å². The summed E-state index contributed by atoms with van der Waals surface area (Å²) in [6.45, 7) is 9.75. The Morgan fingerprint density at radius 3 is 2.40 bits per heavy atom. The summed E-state index contributed by atoms with van der Waals surface area (Å²) in [5.41, 5.74) is 0.658. The van der Waals surface area contributed by atoms with Crippen LogP contribution in [0.4, 0.5) is 0 Å². The van der Waals surface area contributed by atoms with Crippen molar-refractivity contribution in [3.63, 3.8) is 0 Å². The molecule has 0 aliphatic carbocycles. The number of hydrogen-bond donors (Lipinski definition) is 2. The van der Waals surface area contributed by atoms with Gasteiger partial charge < -0.3 is 10.4 Å². The van der Waals surface area contributed by atoms with Crippen molar-refractivity contribution in [2.24, 2.45) is 5.41 Å². The van der Waals surface area contributed by atoms with Crippen LogP contribution in [-0.2, 0) is 17.8 Å². The molecule has 0 aromatic carbocycles. The van der Waals surface area contributed by atoms with E-state index in [1.54, 1.807) is 31.5 Å². The molecule has 0 fully saturated rings. The number of aromatic nitrogens is 2. The fraction of sp³-hybridized carbons (Fsp3) is 0.643. The van der Waals surface area contributed by atoms with E-state index in [-0.39, 0.29) is 0 Å². The summed E-state index contributed by atoms with van der Waals surface area (Å²) in [7, 11) is 0. The maximum absolute atomic E-state index is 12.3. The summed E-state index contributed by atoms with van der Waals surface area (Å²) < 4.78 is 1.59. The van der Waals surface area contributed by atoms with Crippen molar-refractivity contribution in [3.05, 3.63) is 17.5 Å². The number of carbonyl (C=O) groups excluding carboxylic acids is 1. The maximum atomic E-state index is 12.3. The van der Waals surface area contributed by atoms with Gasteiger partial charge in [0.25, 0.3) is 5.91 Å². The van der Waals surface area contributed by atoms with Gasteiger partial charge in [-0.3, -0.25) is 9.48 Å². The van der Waals surface area contributed by atoms with Crippen LogP contribution in [0.1, 0.15) is 50.8 Å². The molecule has 0 bridgehead atoms. The summed E-state index contributed by atoms with van der Waals surface area (Å²) in [4.78, 5) is 23.6. The Balaban J connectivity index is 3.00. The van der Waals surface area contributed by atoms with Crippen molar-refractivity contribution in [1.29, 1.82) is 0 Å². The van der Waals surface area contributed by atoms with E-state index in [4.69, 9.17) is 0 Å². The number of aryl methyl sites for hydroxylation is 2. The number of carbonyl (C=O) groups is 2. The van der Waals surface area contributed by atoms with E-state index >= 15 is 0 Å². The van der Waals surface area contributed by atoms with Crippen LogP contribution < -0.4 is 5.32 Å². The summed E-state index contributed by atoms with van der Waals surface area (Å²) in [5.74, 6) is -1.44. The Labute approximate surface area is 119 Å². The molecule has 0 radical (unpaired) electrons. The molecule has 1 aromatic rings. The summed E-state index contributed by atoms with van der Waals surface area (Å²) in [5, 5.41) is 16.1. The molecule has 6 nitrogen and oxygen atoms in total. The molecular formula is C14H23N3O3. The average molecular weight is 281 g/mol. The predicted octanol–water partition coefficient (Wildman–Crippen LogP) is 1.69. The van der Waals surface area contributed by atoms with E-state index in [2.05, 4.69) is 10.4 Å². The lowest BCUT2D eigenvalue weighted by atomic mass is 9.86. The van der Waals surface area contributed by atoms with Crippen molar-refractivity contribution in [3.8, 4) is 0 Å². The molecule has 6 heteroatoms. The number of nitrogens with zero attached hydrogens (tertiary/aromatic N) is 2. The molecule has 0 aliphatic rings. The van der Waals surface area contributed by atoms with Crippen LogP contribution in [0.5, 0.6) is 0 Å². The Bertz CT molecular complexity index is 500. The highest BCUT2D eigenvalue weighted by Crippen LogP contribution is 2.20. The molecule has 0 saturated carbocycles. The lowest BCUT2D eigenvalue weighted by Crippen LogP contribution is -2.49. The fourth-order valence-corrected chi connectivity index (χ4v) is 1.92. The number of aliphatic carboxylic acids is 1. The van der Waals surface area contributed by atoms with Gasteiger partial charge in [-0.05, 0) is 24.8 Å². The molecule has 0 saturated heterocycles. The smallest absolute Gasteiger partial charge is 0.326 e. The Morgan fingerprint density at radius 1 is 1.40 bits per heavy atom. The zero-order chi connectivity index (χ0) is 15.5. The van der Waals surface area contributed by atoms with E-state index in [1.807, 2.05) is 13.8 Å². The Kier molecular flexibility index (Phi) is 4.92. The molecule has 1 rings (SSSR count). The van der Waals surface area contributed by atoms with Crippen LogP contribution in [0.2, 0.25) is 0 Å². The zero-order valence-electron chi connectivity index (χ0n) is 12.7. The van der Waals surface area contributed by atoms with Crippen LogP contribution in [0.3, 0.4) is 0 Å². The molecule has 1 heterocycles. The van der Waals surface area contributed by atoms with Gasteiger partial charge in [-0.25, -0.2) is 4.79 Å². The number of nitrogens with one attached hydrogen (secondary N) is 1. The predicted molar refractivity (Wildman–Crippen MR) is 75.6 cm³/mol. The molecule has 2 N–H and O–H groups in total. The first-order chi connectivity index (χ1) is 9.20. The van der Waals surface area contributed by atoms with E-state index in [1.165, 1.54) is 0 Å². The summed E-state index contributed by atoms with van der Waals surface area (Å²) in [6.07, 6.45) is 0.731. The monoisotopic (exact) mass is 281 g/mol. The second-order valence-corrected chi connectivity index (χ2v) is 5.80. The van der Waals surface area contributed by atoms with Crippen LogP contribution in [-0.4, -0.2) is 32.8 Å². The van der Waals surface area contributed by atoms with Gasteiger partial charge in [-0.1, -0.05) is 27.7 Å². The average Bonchev–Trinajstić information content (AvgIpc) is 2.77. The van der Waals surface area contributed by atoms with Crippen LogP contribution in [0.15, 0.2) is 6.07 Å². The lowest BCUT2D eigenvalue weighted by Gasteiger charge is -2.27. The summed E-state index contributed by atoms with van der Waals surface area (Å²) in [6, 6.07) is 0.765. The number of carboxylic acids is 1. The van der Waals surface area contributed by atoms with Crippen molar-refractivity contribution < 1.29 is 14.7 Å².